The van der Waals surface area contributed by atoms with E-state index in [-0.39, 0.29) is 20.9 Å². The van der Waals surface area contributed by atoms with E-state index < -0.39 is 14.9 Å². The minimum Gasteiger partial charge on any atom is -0.339 e. The van der Waals surface area contributed by atoms with Crippen molar-refractivity contribution in [2.75, 3.05) is 4.72 Å². The standard InChI is InChI=1S/C10H9BrN4O4S/c1-14-5-10(12-6-14)20(18,19)13-7-2-3-8(11)9(4-7)15(16)17/h2-6,13H,1H3. The predicted molar refractivity (Wildman–Crippen MR) is 74.8 cm³/mol. The molecule has 1 aromatic carbocycles. The summed E-state index contributed by atoms with van der Waals surface area (Å²) in [4.78, 5) is 13.9. The fraction of sp³-hybridized carbons (Fsp3) is 0.100. The van der Waals surface area contributed by atoms with Gasteiger partial charge in [0.1, 0.15) is 0 Å². The second-order valence-corrected chi connectivity index (χ2v) is 6.39. The Morgan fingerprint density at radius 2 is 2.15 bits per heavy atom. The Morgan fingerprint density at radius 3 is 2.70 bits per heavy atom. The van der Waals surface area contributed by atoms with Crippen LogP contribution in [0.15, 0.2) is 40.2 Å². The van der Waals surface area contributed by atoms with Gasteiger partial charge in [0.15, 0.2) is 5.03 Å². The highest BCUT2D eigenvalue weighted by Gasteiger charge is 2.19. The van der Waals surface area contributed by atoms with Gasteiger partial charge in [-0.25, -0.2) is 4.98 Å². The minimum atomic E-state index is -3.87. The first-order valence-electron chi connectivity index (χ1n) is 5.24. The molecule has 0 bridgehead atoms. The molecule has 0 aliphatic carbocycles. The van der Waals surface area contributed by atoms with E-state index >= 15 is 0 Å². The molecule has 20 heavy (non-hydrogen) atoms. The van der Waals surface area contributed by atoms with Crippen molar-refractivity contribution >= 4 is 37.3 Å². The fourth-order valence-electron chi connectivity index (χ4n) is 1.45. The first-order chi connectivity index (χ1) is 9.29. The van der Waals surface area contributed by atoms with Crippen molar-refractivity contribution in [3.63, 3.8) is 0 Å². The van der Waals surface area contributed by atoms with Crippen molar-refractivity contribution in [1.82, 2.24) is 9.55 Å². The molecule has 1 heterocycles. The highest BCUT2D eigenvalue weighted by atomic mass is 79.9. The van der Waals surface area contributed by atoms with Crippen LogP contribution in [-0.2, 0) is 17.1 Å². The zero-order chi connectivity index (χ0) is 14.9. The average molecular weight is 361 g/mol. The van der Waals surface area contributed by atoms with Crippen LogP contribution >= 0.6 is 15.9 Å². The van der Waals surface area contributed by atoms with E-state index in [2.05, 4.69) is 25.6 Å². The van der Waals surface area contributed by atoms with Gasteiger partial charge >= 0.3 is 0 Å². The molecular weight excluding hydrogens is 352 g/mol. The van der Waals surface area contributed by atoms with Crippen molar-refractivity contribution < 1.29 is 13.3 Å². The lowest BCUT2D eigenvalue weighted by Gasteiger charge is -2.06. The summed E-state index contributed by atoms with van der Waals surface area (Å²) in [5.41, 5.74) is -0.142. The third kappa shape index (κ3) is 2.96. The van der Waals surface area contributed by atoms with Crippen LogP contribution in [0.2, 0.25) is 0 Å². The summed E-state index contributed by atoms with van der Waals surface area (Å²) < 4.78 is 28.0. The van der Waals surface area contributed by atoms with Crippen molar-refractivity contribution in [3.05, 3.63) is 45.3 Å². The van der Waals surface area contributed by atoms with Gasteiger partial charge in [0, 0.05) is 19.3 Å². The third-order valence-corrected chi connectivity index (χ3v) is 4.29. The number of imidazole rings is 1. The molecule has 0 aliphatic heterocycles. The molecule has 1 N–H and O–H groups in total. The zero-order valence-electron chi connectivity index (χ0n) is 10.1. The maximum atomic E-state index is 12.0. The van der Waals surface area contributed by atoms with Crippen LogP contribution in [-0.4, -0.2) is 22.9 Å². The van der Waals surface area contributed by atoms with Gasteiger partial charge in [-0.05, 0) is 28.1 Å². The molecule has 8 nitrogen and oxygen atoms in total. The number of hydrogen-bond acceptors (Lipinski definition) is 5. The fourth-order valence-corrected chi connectivity index (χ4v) is 2.88. The SMILES string of the molecule is Cn1cnc(S(=O)(=O)Nc2ccc(Br)c([N+](=O)[O-])c2)c1. The summed E-state index contributed by atoms with van der Waals surface area (Å²) >= 11 is 3.02. The molecule has 10 heteroatoms. The van der Waals surface area contributed by atoms with Crippen LogP contribution in [0.25, 0.3) is 0 Å². The molecule has 0 spiro atoms. The number of nitrogens with zero attached hydrogens (tertiary/aromatic N) is 3. The number of sulfonamides is 1. The maximum absolute atomic E-state index is 12.0. The quantitative estimate of drug-likeness (QED) is 0.661. The van der Waals surface area contributed by atoms with Gasteiger partial charge in [-0.2, -0.15) is 8.42 Å². The van der Waals surface area contributed by atoms with E-state index in [1.165, 1.54) is 29.2 Å². The van der Waals surface area contributed by atoms with Gasteiger partial charge in [0.05, 0.1) is 21.4 Å². The van der Waals surface area contributed by atoms with E-state index in [0.29, 0.717) is 0 Å². The van der Waals surface area contributed by atoms with Crippen LogP contribution < -0.4 is 4.72 Å². The Bertz CT molecular complexity index is 771. The lowest BCUT2D eigenvalue weighted by atomic mass is 10.3. The van der Waals surface area contributed by atoms with Gasteiger partial charge < -0.3 is 4.57 Å². The van der Waals surface area contributed by atoms with Gasteiger partial charge in [-0.3, -0.25) is 14.8 Å². The number of nitrogens with one attached hydrogen (secondary N) is 1. The topological polar surface area (TPSA) is 107 Å². The van der Waals surface area contributed by atoms with Crippen LogP contribution in [0, 0.1) is 10.1 Å². The number of nitro benzene ring substituents is 1. The van der Waals surface area contributed by atoms with Crippen molar-refractivity contribution in [1.29, 1.82) is 0 Å². The van der Waals surface area contributed by atoms with Crippen LogP contribution in [0.4, 0.5) is 11.4 Å². The lowest BCUT2D eigenvalue weighted by molar-refractivity contribution is -0.385. The van der Waals surface area contributed by atoms with Gasteiger partial charge in [0.25, 0.3) is 15.7 Å². The summed E-state index contributed by atoms with van der Waals surface area (Å²) in [6.07, 6.45) is 2.67. The number of aromatic nitrogens is 2. The minimum absolute atomic E-state index is 0.0885. The molecule has 2 aromatic rings. The lowest BCUT2D eigenvalue weighted by Crippen LogP contribution is -2.13. The summed E-state index contributed by atoms with van der Waals surface area (Å²) in [6, 6.07) is 3.94. The summed E-state index contributed by atoms with van der Waals surface area (Å²) in [6.45, 7) is 0. The van der Waals surface area contributed by atoms with E-state index in [0.717, 1.165) is 6.07 Å². The van der Waals surface area contributed by atoms with Crippen LogP contribution in [0.3, 0.4) is 0 Å². The molecule has 2 rings (SSSR count). The molecule has 0 saturated carbocycles. The monoisotopic (exact) mass is 360 g/mol. The Labute approximate surface area is 122 Å². The van der Waals surface area contributed by atoms with Gasteiger partial charge in [-0.1, -0.05) is 0 Å². The second-order valence-electron chi connectivity index (χ2n) is 3.91. The molecule has 0 unspecified atom stereocenters. The Kier molecular flexibility index (Phi) is 3.77. The number of benzene rings is 1. The smallest absolute Gasteiger partial charge is 0.285 e. The molecular formula is C10H9BrN4O4S. The summed E-state index contributed by atoms with van der Waals surface area (Å²) in [5.74, 6) is 0. The number of nitro groups is 1. The van der Waals surface area contributed by atoms with E-state index in [9.17, 15) is 18.5 Å². The van der Waals surface area contributed by atoms with Crippen molar-refractivity contribution in [2.24, 2.45) is 7.05 Å². The highest BCUT2D eigenvalue weighted by Crippen LogP contribution is 2.28. The highest BCUT2D eigenvalue weighted by molar-refractivity contribution is 9.10. The van der Waals surface area contributed by atoms with Crippen LogP contribution in [0.5, 0.6) is 0 Å². The number of anilines is 1. The maximum Gasteiger partial charge on any atom is 0.285 e. The van der Waals surface area contributed by atoms with E-state index in [1.807, 2.05) is 0 Å². The second kappa shape index (κ2) is 5.21. The van der Waals surface area contributed by atoms with Gasteiger partial charge in [-0.15, -0.1) is 0 Å². The third-order valence-electron chi connectivity index (χ3n) is 2.35. The van der Waals surface area contributed by atoms with Crippen molar-refractivity contribution in [2.45, 2.75) is 5.03 Å². The normalized spacial score (nSPS) is 11.3. The Balaban J connectivity index is 2.35. The summed E-state index contributed by atoms with van der Waals surface area (Å²) in [7, 11) is -2.23. The number of aryl methyl sites for hydroxylation is 1. The number of halogens is 1. The van der Waals surface area contributed by atoms with Gasteiger partial charge in [0.2, 0.25) is 0 Å². The van der Waals surface area contributed by atoms with Crippen LogP contribution in [0.1, 0.15) is 0 Å². The number of rotatable bonds is 4. The van der Waals surface area contributed by atoms with Crippen molar-refractivity contribution in [3.8, 4) is 0 Å². The largest absolute Gasteiger partial charge is 0.339 e. The Hall–Kier alpha value is -1.94. The first-order valence-corrected chi connectivity index (χ1v) is 7.52. The zero-order valence-corrected chi connectivity index (χ0v) is 12.6. The molecule has 106 valence electrons. The van der Waals surface area contributed by atoms with E-state index in [1.54, 1.807) is 7.05 Å². The summed E-state index contributed by atoms with van der Waals surface area (Å²) in [5, 5.41) is 10.6. The average Bonchev–Trinajstić information content (AvgIpc) is 2.78. The predicted octanol–water partition coefficient (Wildman–Crippen LogP) is 1.89. The molecule has 0 saturated heterocycles. The van der Waals surface area contributed by atoms with E-state index in [4.69, 9.17) is 0 Å². The molecule has 0 amide bonds. The number of hydrogen-bond donors (Lipinski definition) is 1. The molecule has 0 radical (unpaired) electrons. The molecule has 0 aliphatic rings. The first kappa shape index (κ1) is 14.5. The Morgan fingerprint density at radius 1 is 1.45 bits per heavy atom. The molecule has 1 aromatic heterocycles. The molecule has 0 atom stereocenters. The molecule has 0 fully saturated rings.